The number of hydrogen-bond donors (Lipinski definition) is 1. The molecule has 3 nitrogen and oxygen atoms in total. The van der Waals surface area contributed by atoms with Crippen molar-refractivity contribution in [3.63, 3.8) is 0 Å². The topological polar surface area (TPSA) is 30.5 Å². The Kier molecular flexibility index (Phi) is 6.73. The molecular weight excluding hydrogens is 405 g/mol. The summed E-state index contributed by atoms with van der Waals surface area (Å²) in [5.74, 6) is 1.01. The van der Waals surface area contributed by atoms with E-state index in [4.69, 9.17) is 44.3 Å². The van der Waals surface area contributed by atoms with E-state index >= 15 is 0 Å². The van der Waals surface area contributed by atoms with E-state index in [1.165, 1.54) is 0 Å². The molecule has 0 bridgehead atoms. The molecule has 6 heteroatoms. The summed E-state index contributed by atoms with van der Waals surface area (Å²) in [5.41, 5.74) is 2.71. The fourth-order valence-electron chi connectivity index (χ4n) is 2.59. The molecule has 0 spiro atoms. The molecule has 0 amide bonds. The highest BCUT2D eigenvalue weighted by Gasteiger charge is 2.14. The number of methoxy groups -OCH3 is 1. The van der Waals surface area contributed by atoms with Crippen LogP contribution < -0.4 is 14.8 Å². The van der Waals surface area contributed by atoms with Crippen LogP contribution in [0, 0.1) is 0 Å². The molecule has 3 aromatic carbocycles. The molecule has 0 saturated carbocycles. The number of halogens is 3. The van der Waals surface area contributed by atoms with Gasteiger partial charge in [-0.2, -0.15) is 0 Å². The lowest BCUT2D eigenvalue weighted by Crippen LogP contribution is -2.03. The van der Waals surface area contributed by atoms with Gasteiger partial charge in [0.1, 0.15) is 6.61 Å². The second-order valence-electron chi connectivity index (χ2n) is 5.82. The smallest absolute Gasteiger partial charge is 0.180 e. The van der Waals surface area contributed by atoms with Crippen molar-refractivity contribution in [1.82, 2.24) is 0 Å². The number of nitrogens with one attached hydrogen (secondary N) is 1. The molecule has 1 N–H and O–H groups in total. The highest BCUT2D eigenvalue weighted by Crippen LogP contribution is 2.38. The first-order valence-corrected chi connectivity index (χ1v) is 9.43. The number of anilines is 1. The molecule has 140 valence electrons. The summed E-state index contributed by atoms with van der Waals surface area (Å²) in [7, 11) is 1.58. The first-order valence-electron chi connectivity index (χ1n) is 8.29. The summed E-state index contributed by atoms with van der Waals surface area (Å²) < 4.78 is 11.3. The van der Waals surface area contributed by atoms with Crippen LogP contribution in [0.5, 0.6) is 11.5 Å². The molecule has 0 unspecified atom stereocenters. The zero-order valence-electron chi connectivity index (χ0n) is 14.6. The Morgan fingerprint density at radius 3 is 2.22 bits per heavy atom. The quantitative estimate of drug-likeness (QED) is 0.452. The van der Waals surface area contributed by atoms with Crippen LogP contribution in [0.2, 0.25) is 15.1 Å². The summed E-state index contributed by atoms with van der Waals surface area (Å²) in [6.45, 7) is 0.799. The van der Waals surface area contributed by atoms with Crippen molar-refractivity contribution >= 4 is 40.5 Å². The van der Waals surface area contributed by atoms with Crippen LogP contribution in [0.3, 0.4) is 0 Å². The van der Waals surface area contributed by atoms with Gasteiger partial charge in [-0.25, -0.2) is 0 Å². The summed E-state index contributed by atoms with van der Waals surface area (Å²) in [6, 6.07) is 19.0. The maximum absolute atomic E-state index is 6.44. The maximum Gasteiger partial charge on any atom is 0.180 e. The zero-order chi connectivity index (χ0) is 19.2. The van der Waals surface area contributed by atoms with Crippen LogP contribution in [0.25, 0.3) is 0 Å². The number of hydrogen-bond acceptors (Lipinski definition) is 3. The van der Waals surface area contributed by atoms with Gasteiger partial charge >= 0.3 is 0 Å². The normalized spacial score (nSPS) is 10.5. The molecule has 0 aromatic heterocycles. The molecule has 0 fully saturated rings. The van der Waals surface area contributed by atoms with Crippen molar-refractivity contribution in [3.8, 4) is 11.5 Å². The number of rotatable bonds is 7. The minimum absolute atomic E-state index is 0.191. The highest BCUT2D eigenvalue weighted by atomic mass is 35.5. The molecule has 0 aliphatic rings. The van der Waals surface area contributed by atoms with Gasteiger partial charge in [-0.1, -0.05) is 59.1 Å². The molecule has 27 heavy (non-hydrogen) atoms. The fourth-order valence-corrected chi connectivity index (χ4v) is 3.38. The summed E-state index contributed by atoms with van der Waals surface area (Å²) in [5, 5.41) is 4.89. The number of ether oxygens (including phenoxy) is 2. The molecule has 3 rings (SSSR count). The molecule has 0 aliphatic heterocycles. The highest BCUT2D eigenvalue weighted by molar-refractivity contribution is 6.36. The third-order valence-corrected chi connectivity index (χ3v) is 4.97. The summed E-state index contributed by atoms with van der Waals surface area (Å²) in [4.78, 5) is 0. The van der Waals surface area contributed by atoms with Crippen molar-refractivity contribution in [3.05, 3.63) is 86.9 Å². The molecule has 0 atom stereocenters. The van der Waals surface area contributed by atoms with Gasteiger partial charge in [-0.05, 0) is 42.0 Å². The summed E-state index contributed by atoms with van der Waals surface area (Å²) >= 11 is 18.8. The van der Waals surface area contributed by atoms with Gasteiger partial charge in [-0.15, -0.1) is 0 Å². The van der Waals surface area contributed by atoms with Crippen LogP contribution in [0.15, 0.2) is 60.7 Å². The molecule has 0 aliphatic carbocycles. The Bertz CT molecular complexity index is 897. The van der Waals surface area contributed by atoms with Crippen LogP contribution in [0.1, 0.15) is 11.1 Å². The Hall–Kier alpha value is -2.07. The second-order valence-corrected chi connectivity index (χ2v) is 7.04. The van der Waals surface area contributed by atoms with Gasteiger partial charge in [0, 0.05) is 27.8 Å². The average molecular weight is 423 g/mol. The first kappa shape index (κ1) is 19.7. The lowest BCUT2D eigenvalue weighted by Gasteiger charge is -2.16. The lowest BCUT2D eigenvalue weighted by atomic mass is 10.2. The van der Waals surface area contributed by atoms with Gasteiger partial charge in [0.15, 0.2) is 11.5 Å². The third kappa shape index (κ3) is 5.01. The van der Waals surface area contributed by atoms with Crippen molar-refractivity contribution in [1.29, 1.82) is 0 Å². The molecule has 0 heterocycles. The van der Waals surface area contributed by atoms with Crippen molar-refractivity contribution in [2.45, 2.75) is 13.2 Å². The predicted molar refractivity (Wildman–Crippen MR) is 113 cm³/mol. The van der Waals surface area contributed by atoms with Gasteiger partial charge in [0.25, 0.3) is 0 Å². The fraction of sp³-hybridized carbons (Fsp3) is 0.143. The first-order chi connectivity index (χ1) is 13.1. The SMILES string of the molecule is COc1cc(CNc2ccccc2)cc(Cl)c1OCc1c(Cl)cccc1Cl. The van der Waals surface area contributed by atoms with Gasteiger partial charge in [-0.3, -0.25) is 0 Å². The predicted octanol–water partition coefficient (Wildman–Crippen LogP) is 6.85. The van der Waals surface area contributed by atoms with E-state index in [9.17, 15) is 0 Å². The van der Waals surface area contributed by atoms with Crippen LogP contribution in [-0.2, 0) is 13.2 Å². The van der Waals surface area contributed by atoms with E-state index in [0.717, 1.165) is 11.3 Å². The molecule has 3 aromatic rings. The number of benzene rings is 3. The third-order valence-electron chi connectivity index (χ3n) is 3.98. The van der Waals surface area contributed by atoms with E-state index in [0.29, 0.717) is 38.7 Å². The molecular formula is C21H18Cl3NO2. The van der Waals surface area contributed by atoms with E-state index in [-0.39, 0.29) is 6.61 Å². The van der Waals surface area contributed by atoms with Crippen LogP contribution >= 0.6 is 34.8 Å². The summed E-state index contributed by atoms with van der Waals surface area (Å²) in [6.07, 6.45) is 0. The van der Waals surface area contributed by atoms with E-state index in [1.807, 2.05) is 42.5 Å². The van der Waals surface area contributed by atoms with Gasteiger partial charge in [0.2, 0.25) is 0 Å². The van der Waals surface area contributed by atoms with Crippen LogP contribution in [-0.4, -0.2) is 7.11 Å². The number of para-hydroxylation sites is 1. The average Bonchev–Trinajstić information content (AvgIpc) is 2.67. The van der Waals surface area contributed by atoms with Crippen LogP contribution in [0.4, 0.5) is 5.69 Å². The standard InChI is InChI=1S/C21H18Cl3NO2/c1-26-20-11-14(12-25-15-6-3-2-4-7-15)10-19(24)21(20)27-13-16-17(22)8-5-9-18(16)23/h2-11,25H,12-13H2,1H3. The van der Waals surface area contributed by atoms with Crippen molar-refractivity contribution in [2.75, 3.05) is 12.4 Å². The van der Waals surface area contributed by atoms with E-state index < -0.39 is 0 Å². The Labute approximate surface area is 173 Å². The Morgan fingerprint density at radius 2 is 1.56 bits per heavy atom. The van der Waals surface area contributed by atoms with Gasteiger partial charge < -0.3 is 14.8 Å². The minimum atomic E-state index is 0.191. The minimum Gasteiger partial charge on any atom is -0.493 e. The van der Waals surface area contributed by atoms with E-state index in [1.54, 1.807) is 25.3 Å². The van der Waals surface area contributed by atoms with Gasteiger partial charge in [0.05, 0.1) is 12.1 Å². The lowest BCUT2D eigenvalue weighted by molar-refractivity contribution is 0.284. The molecule has 0 saturated heterocycles. The maximum atomic E-state index is 6.44. The largest absolute Gasteiger partial charge is 0.493 e. The second kappa shape index (κ2) is 9.23. The zero-order valence-corrected chi connectivity index (χ0v) is 16.9. The Balaban J connectivity index is 1.76. The molecule has 0 radical (unpaired) electrons. The van der Waals surface area contributed by atoms with E-state index in [2.05, 4.69) is 5.32 Å². The van der Waals surface area contributed by atoms with Crippen molar-refractivity contribution < 1.29 is 9.47 Å². The van der Waals surface area contributed by atoms with Crippen molar-refractivity contribution in [2.24, 2.45) is 0 Å². The monoisotopic (exact) mass is 421 g/mol. The Morgan fingerprint density at radius 1 is 0.852 bits per heavy atom.